The van der Waals surface area contributed by atoms with Crippen LogP contribution in [0.25, 0.3) is 21.3 Å². The number of thiazole rings is 1. The van der Waals surface area contributed by atoms with Crippen LogP contribution in [0.15, 0.2) is 57.7 Å². The van der Waals surface area contributed by atoms with Crippen LogP contribution in [0, 0.1) is 0 Å². The maximum atomic E-state index is 12.2. The van der Waals surface area contributed by atoms with Crippen LogP contribution >= 0.6 is 11.3 Å². The summed E-state index contributed by atoms with van der Waals surface area (Å²) in [6.45, 7) is 2.48. The van der Waals surface area contributed by atoms with E-state index in [0.29, 0.717) is 18.2 Å². The lowest BCUT2D eigenvalue weighted by Gasteiger charge is -2.31. The number of rotatable bonds is 3. The fraction of sp³-hybridized carbons (Fsp3) is 0.300. The number of aromatic nitrogens is 2. The second-order valence-corrected chi connectivity index (χ2v) is 7.90. The molecule has 1 saturated heterocycles. The highest BCUT2D eigenvalue weighted by atomic mass is 32.1. The quantitative estimate of drug-likeness (QED) is 0.550. The van der Waals surface area contributed by atoms with Gasteiger partial charge in [0, 0.05) is 12.5 Å². The molecule has 132 valence electrons. The smallest absolute Gasteiger partial charge is 0.408 e. The highest BCUT2D eigenvalue weighted by molar-refractivity contribution is 7.18. The number of fused-ring (bicyclic) bond motifs is 2. The highest BCUT2D eigenvalue weighted by Crippen LogP contribution is 2.33. The molecule has 6 heteroatoms. The number of oxazole rings is 1. The number of para-hydroxylation sites is 3. The fourth-order valence-electron chi connectivity index (χ4n) is 3.80. The Morgan fingerprint density at radius 3 is 2.92 bits per heavy atom. The van der Waals surface area contributed by atoms with E-state index in [1.807, 2.05) is 30.3 Å². The summed E-state index contributed by atoms with van der Waals surface area (Å²) in [6, 6.07) is 15.9. The number of hydrogen-bond acceptors (Lipinski definition) is 5. The lowest BCUT2D eigenvalue weighted by Crippen LogP contribution is -2.37. The highest BCUT2D eigenvalue weighted by Gasteiger charge is 2.25. The fourth-order valence-corrected chi connectivity index (χ4v) is 4.89. The third-order valence-electron chi connectivity index (χ3n) is 5.08. The molecule has 1 atom stereocenters. The van der Waals surface area contributed by atoms with Gasteiger partial charge in [-0.25, -0.2) is 9.78 Å². The molecule has 0 N–H and O–H groups in total. The summed E-state index contributed by atoms with van der Waals surface area (Å²) in [5.41, 5.74) is 2.60. The van der Waals surface area contributed by atoms with E-state index >= 15 is 0 Å². The average molecular weight is 365 g/mol. The Hall–Kier alpha value is -2.44. The standard InChI is InChI=1S/C20H19N3O2S/c24-20-23(16-8-2-3-9-17(16)25-20)13-22-11-5-6-14(12-22)19-21-15-7-1-4-10-18(15)26-19/h1-4,7-10,14H,5-6,11-13H2/t14-/m0/s1. The molecule has 26 heavy (non-hydrogen) atoms. The molecule has 0 unspecified atom stereocenters. The van der Waals surface area contributed by atoms with Crippen molar-refractivity contribution >= 4 is 32.7 Å². The van der Waals surface area contributed by atoms with Crippen LogP contribution in [-0.2, 0) is 6.67 Å². The van der Waals surface area contributed by atoms with Crippen molar-refractivity contribution in [1.29, 1.82) is 0 Å². The van der Waals surface area contributed by atoms with Crippen molar-refractivity contribution in [3.63, 3.8) is 0 Å². The molecular weight excluding hydrogens is 346 g/mol. The molecule has 1 aliphatic heterocycles. The van der Waals surface area contributed by atoms with E-state index in [0.717, 1.165) is 37.0 Å². The van der Waals surface area contributed by atoms with Gasteiger partial charge in [-0.15, -0.1) is 11.3 Å². The minimum atomic E-state index is -0.284. The Labute approximate surface area is 154 Å². The summed E-state index contributed by atoms with van der Waals surface area (Å²) < 4.78 is 8.34. The SMILES string of the molecule is O=c1oc2ccccc2n1CN1CCC[C@H](c2nc3ccccc3s2)C1. The van der Waals surface area contributed by atoms with Gasteiger partial charge < -0.3 is 4.42 Å². The average Bonchev–Trinajstić information content (AvgIpc) is 3.24. The first kappa shape index (κ1) is 15.8. The zero-order valence-corrected chi connectivity index (χ0v) is 15.1. The first-order valence-electron chi connectivity index (χ1n) is 8.94. The molecule has 2 aromatic heterocycles. The van der Waals surface area contributed by atoms with Gasteiger partial charge in [0.25, 0.3) is 0 Å². The molecule has 0 amide bonds. The van der Waals surface area contributed by atoms with Crippen molar-refractivity contribution in [2.24, 2.45) is 0 Å². The van der Waals surface area contributed by atoms with Crippen molar-refractivity contribution in [2.75, 3.05) is 13.1 Å². The third-order valence-corrected chi connectivity index (χ3v) is 6.28. The third kappa shape index (κ3) is 2.75. The van der Waals surface area contributed by atoms with E-state index in [4.69, 9.17) is 9.40 Å². The molecule has 5 nitrogen and oxygen atoms in total. The Balaban J connectivity index is 1.40. The van der Waals surface area contributed by atoms with Gasteiger partial charge >= 0.3 is 5.76 Å². The Morgan fingerprint density at radius 1 is 1.15 bits per heavy atom. The minimum Gasteiger partial charge on any atom is -0.408 e. The van der Waals surface area contributed by atoms with E-state index < -0.39 is 0 Å². The number of likely N-dealkylation sites (tertiary alicyclic amines) is 1. The predicted octanol–water partition coefficient (Wildman–Crippen LogP) is 4.04. The molecule has 0 aliphatic carbocycles. The molecule has 4 aromatic rings. The summed E-state index contributed by atoms with van der Waals surface area (Å²) in [4.78, 5) is 19.4. The topological polar surface area (TPSA) is 51.3 Å². The zero-order valence-electron chi connectivity index (χ0n) is 14.3. The molecule has 1 fully saturated rings. The lowest BCUT2D eigenvalue weighted by molar-refractivity contribution is 0.163. The molecular formula is C20H19N3O2S. The molecule has 0 spiro atoms. The van der Waals surface area contributed by atoms with Gasteiger partial charge in [0.15, 0.2) is 5.58 Å². The Morgan fingerprint density at radius 2 is 2.00 bits per heavy atom. The van der Waals surface area contributed by atoms with E-state index in [1.54, 1.807) is 15.9 Å². The monoisotopic (exact) mass is 365 g/mol. The van der Waals surface area contributed by atoms with Crippen molar-refractivity contribution in [3.05, 3.63) is 64.1 Å². The lowest BCUT2D eigenvalue weighted by atomic mass is 9.99. The maximum absolute atomic E-state index is 12.2. The largest absolute Gasteiger partial charge is 0.421 e. The van der Waals surface area contributed by atoms with Gasteiger partial charge in [0.2, 0.25) is 0 Å². The molecule has 0 saturated carbocycles. The number of benzene rings is 2. The molecule has 5 rings (SSSR count). The van der Waals surface area contributed by atoms with E-state index in [1.165, 1.54) is 9.71 Å². The van der Waals surface area contributed by atoms with Crippen molar-refractivity contribution in [3.8, 4) is 0 Å². The van der Waals surface area contributed by atoms with Crippen LogP contribution in [0.1, 0.15) is 23.8 Å². The number of piperidine rings is 1. The Bertz CT molecular complexity index is 1090. The summed E-state index contributed by atoms with van der Waals surface area (Å²) in [5.74, 6) is 0.142. The second kappa shape index (κ2) is 6.37. The number of hydrogen-bond donors (Lipinski definition) is 0. The van der Waals surface area contributed by atoms with E-state index in [2.05, 4.69) is 23.1 Å². The van der Waals surface area contributed by atoms with Gasteiger partial charge in [-0.05, 0) is 43.7 Å². The van der Waals surface area contributed by atoms with Crippen LogP contribution in [-0.4, -0.2) is 27.5 Å². The minimum absolute atomic E-state index is 0.284. The summed E-state index contributed by atoms with van der Waals surface area (Å²) in [6.07, 6.45) is 2.27. The maximum Gasteiger partial charge on any atom is 0.421 e. The predicted molar refractivity (Wildman–Crippen MR) is 104 cm³/mol. The first-order chi connectivity index (χ1) is 12.8. The summed E-state index contributed by atoms with van der Waals surface area (Å²) >= 11 is 1.79. The molecule has 1 aliphatic rings. The molecule has 0 radical (unpaired) electrons. The second-order valence-electron chi connectivity index (χ2n) is 6.84. The summed E-state index contributed by atoms with van der Waals surface area (Å²) in [5, 5.41) is 1.21. The van der Waals surface area contributed by atoms with E-state index in [-0.39, 0.29) is 5.76 Å². The number of nitrogens with zero attached hydrogens (tertiary/aromatic N) is 3. The van der Waals surface area contributed by atoms with E-state index in [9.17, 15) is 4.79 Å². The van der Waals surface area contributed by atoms with Crippen molar-refractivity contribution in [1.82, 2.24) is 14.5 Å². The van der Waals surface area contributed by atoms with Crippen molar-refractivity contribution in [2.45, 2.75) is 25.4 Å². The van der Waals surface area contributed by atoms with Crippen LogP contribution in [0.4, 0.5) is 0 Å². The molecule has 3 heterocycles. The van der Waals surface area contributed by atoms with Gasteiger partial charge in [0.05, 0.1) is 27.4 Å². The van der Waals surface area contributed by atoms with Crippen LogP contribution in [0.5, 0.6) is 0 Å². The van der Waals surface area contributed by atoms with Crippen LogP contribution in [0.3, 0.4) is 0 Å². The van der Waals surface area contributed by atoms with Gasteiger partial charge in [-0.1, -0.05) is 24.3 Å². The van der Waals surface area contributed by atoms with Crippen LogP contribution in [0.2, 0.25) is 0 Å². The normalized spacial score (nSPS) is 18.7. The van der Waals surface area contributed by atoms with Crippen molar-refractivity contribution < 1.29 is 4.42 Å². The van der Waals surface area contributed by atoms with Gasteiger partial charge in [-0.3, -0.25) is 9.47 Å². The molecule has 2 aromatic carbocycles. The summed E-state index contributed by atoms with van der Waals surface area (Å²) in [7, 11) is 0. The van der Waals surface area contributed by atoms with Gasteiger partial charge in [-0.2, -0.15) is 0 Å². The van der Waals surface area contributed by atoms with Crippen LogP contribution < -0.4 is 5.76 Å². The zero-order chi connectivity index (χ0) is 17.5. The van der Waals surface area contributed by atoms with Gasteiger partial charge in [0.1, 0.15) is 0 Å². The first-order valence-corrected chi connectivity index (χ1v) is 9.76. The Kier molecular flexibility index (Phi) is 3.87. The molecule has 0 bridgehead atoms.